The molecule has 1 amide bonds. The van der Waals surface area contributed by atoms with E-state index in [1.807, 2.05) is 0 Å². The molecule has 0 spiro atoms. The van der Waals surface area contributed by atoms with Crippen molar-refractivity contribution < 1.29 is 14.5 Å². The Balaban J connectivity index is 2.23. The molecule has 2 aromatic carbocycles. The molecule has 6 heteroatoms. The second-order valence-corrected chi connectivity index (χ2v) is 4.39. The van der Waals surface area contributed by atoms with E-state index in [0.29, 0.717) is 22.6 Å². The van der Waals surface area contributed by atoms with Gasteiger partial charge in [-0.1, -0.05) is 6.07 Å². The number of ether oxygens (including phenoxy) is 1. The Labute approximate surface area is 121 Å². The van der Waals surface area contributed by atoms with Gasteiger partial charge in [0.05, 0.1) is 23.3 Å². The monoisotopic (exact) mass is 286 g/mol. The van der Waals surface area contributed by atoms with Gasteiger partial charge in [-0.2, -0.15) is 0 Å². The van der Waals surface area contributed by atoms with Crippen LogP contribution >= 0.6 is 0 Å². The second kappa shape index (κ2) is 6.04. The van der Waals surface area contributed by atoms with E-state index >= 15 is 0 Å². The molecule has 108 valence electrons. The Morgan fingerprint density at radius 1 is 1.19 bits per heavy atom. The quantitative estimate of drug-likeness (QED) is 0.691. The van der Waals surface area contributed by atoms with Crippen molar-refractivity contribution in [2.45, 2.75) is 6.92 Å². The van der Waals surface area contributed by atoms with E-state index in [9.17, 15) is 14.9 Å². The zero-order valence-electron chi connectivity index (χ0n) is 11.6. The van der Waals surface area contributed by atoms with Crippen LogP contribution in [-0.2, 0) is 0 Å². The molecule has 0 radical (unpaired) electrons. The van der Waals surface area contributed by atoms with E-state index in [-0.39, 0.29) is 11.6 Å². The number of nitro groups is 1. The first-order chi connectivity index (χ1) is 10.0. The molecule has 0 heterocycles. The molecule has 0 aliphatic heterocycles. The van der Waals surface area contributed by atoms with Gasteiger partial charge >= 0.3 is 0 Å². The van der Waals surface area contributed by atoms with Crippen molar-refractivity contribution in [1.29, 1.82) is 0 Å². The third-order valence-corrected chi connectivity index (χ3v) is 3.10. The number of anilines is 1. The zero-order valence-corrected chi connectivity index (χ0v) is 11.6. The van der Waals surface area contributed by atoms with E-state index in [4.69, 9.17) is 4.74 Å². The maximum Gasteiger partial charge on any atom is 0.274 e. The summed E-state index contributed by atoms with van der Waals surface area (Å²) in [6.07, 6.45) is 0. The molecule has 1 N–H and O–H groups in total. The van der Waals surface area contributed by atoms with Crippen LogP contribution in [0, 0.1) is 17.0 Å². The number of rotatable bonds is 4. The lowest BCUT2D eigenvalue weighted by Gasteiger charge is -2.09. The fraction of sp³-hybridized carbons (Fsp3) is 0.133. The van der Waals surface area contributed by atoms with E-state index in [1.165, 1.54) is 12.1 Å². The summed E-state index contributed by atoms with van der Waals surface area (Å²) in [5.74, 6) is 0.319. The number of carbonyl (C=O) groups excluding carboxylic acids is 1. The molecule has 0 aliphatic rings. The molecule has 0 saturated carbocycles. The van der Waals surface area contributed by atoms with Crippen LogP contribution in [-0.4, -0.2) is 17.9 Å². The number of nitrogens with zero attached hydrogens (tertiary/aromatic N) is 1. The van der Waals surface area contributed by atoms with E-state index in [2.05, 4.69) is 5.32 Å². The lowest BCUT2D eigenvalue weighted by Crippen LogP contribution is -2.13. The van der Waals surface area contributed by atoms with Crippen LogP contribution in [0.2, 0.25) is 0 Å². The fourth-order valence-electron chi connectivity index (χ4n) is 1.89. The van der Waals surface area contributed by atoms with Crippen LogP contribution in [0.25, 0.3) is 0 Å². The van der Waals surface area contributed by atoms with Crippen molar-refractivity contribution in [1.82, 2.24) is 0 Å². The number of nitrogens with one attached hydrogen (secondary N) is 1. The van der Waals surface area contributed by atoms with Crippen molar-refractivity contribution in [2.24, 2.45) is 0 Å². The number of hydrogen-bond donors (Lipinski definition) is 1. The predicted octanol–water partition coefficient (Wildman–Crippen LogP) is 3.16. The van der Waals surface area contributed by atoms with E-state index in [0.717, 1.165) is 0 Å². The molecular formula is C15H14N2O4. The summed E-state index contributed by atoms with van der Waals surface area (Å²) in [4.78, 5) is 22.5. The van der Waals surface area contributed by atoms with Gasteiger partial charge in [0.2, 0.25) is 0 Å². The summed E-state index contributed by atoms with van der Waals surface area (Å²) < 4.78 is 5.02. The van der Waals surface area contributed by atoms with Gasteiger partial charge < -0.3 is 10.1 Å². The van der Waals surface area contributed by atoms with Gasteiger partial charge in [-0.05, 0) is 37.3 Å². The van der Waals surface area contributed by atoms with Crippen molar-refractivity contribution >= 4 is 17.3 Å². The summed E-state index contributed by atoms with van der Waals surface area (Å²) in [6.45, 7) is 1.60. The van der Waals surface area contributed by atoms with Crippen molar-refractivity contribution in [3.8, 4) is 5.75 Å². The molecule has 0 aromatic heterocycles. The lowest BCUT2D eigenvalue weighted by molar-refractivity contribution is -0.385. The Bertz CT molecular complexity index is 681. The van der Waals surface area contributed by atoms with Gasteiger partial charge in [0.15, 0.2) is 0 Å². The minimum atomic E-state index is -0.474. The molecule has 0 fully saturated rings. The predicted molar refractivity (Wildman–Crippen MR) is 78.8 cm³/mol. The molecule has 0 atom stereocenters. The minimum Gasteiger partial charge on any atom is -0.497 e. The summed E-state index contributed by atoms with van der Waals surface area (Å²) in [5.41, 5.74) is 1.26. The van der Waals surface area contributed by atoms with E-state index in [1.54, 1.807) is 44.4 Å². The summed E-state index contributed by atoms with van der Waals surface area (Å²) >= 11 is 0. The molecule has 2 aromatic rings. The number of carbonyl (C=O) groups is 1. The topological polar surface area (TPSA) is 81.5 Å². The summed E-state index contributed by atoms with van der Waals surface area (Å²) in [7, 11) is 1.54. The van der Waals surface area contributed by atoms with Crippen molar-refractivity contribution in [3.63, 3.8) is 0 Å². The molecule has 21 heavy (non-hydrogen) atoms. The van der Waals surface area contributed by atoms with Crippen LogP contribution in [0.5, 0.6) is 5.75 Å². The van der Waals surface area contributed by atoms with Gasteiger partial charge in [0.25, 0.3) is 11.6 Å². The molecular weight excluding hydrogens is 272 g/mol. The highest BCUT2D eigenvalue weighted by atomic mass is 16.6. The van der Waals surface area contributed by atoms with Gasteiger partial charge in [0, 0.05) is 11.6 Å². The Hall–Kier alpha value is -2.89. The number of benzene rings is 2. The highest BCUT2D eigenvalue weighted by molar-refractivity contribution is 6.04. The third-order valence-electron chi connectivity index (χ3n) is 3.10. The van der Waals surface area contributed by atoms with Crippen molar-refractivity contribution in [3.05, 3.63) is 63.7 Å². The summed E-state index contributed by atoms with van der Waals surface area (Å²) in [5, 5.41) is 13.6. The second-order valence-electron chi connectivity index (χ2n) is 4.39. The number of methoxy groups -OCH3 is 1. The maximum absolute atomic E-state index is 12.1. The van der Waals surface area contributed by atoms with Crippen LogP contribution < -0.4 is 10.1 Å². The average molecular weight is 286 g/mol. The SMILES string of the molecule is COc1ccc(C(=O)Nc2cccc([N+](=O)[O-])c2C)cc1. The fourth-order valence-corrected chi connectivity index (χ4v) is 1.89. The third kappa shape index (κ3) is 3.17. The van der Waals surface area contributed by atoms with Crippen LogP contribution in [0.3, 0.4) is 0 Å². The van der Waals surface area contributed by atoms with Gasteiger partial charge in [-0.25, -0.2) is 0 Å². The van der Waals surface area contributed by atoms with Crippen LogP contribution in [0.4, 0.5) is 11.4 Å². The van der Waals surface area contributed by atoms with Gasteiger partial charge in [-0.15, -0.1) is 0 Å². The average Bonchev–Trinajstić information content (AvgIpc) is 2.49. The normalized spacial score (nSPS) is 10.0. The molecule has 0 saturated heterocycles. The van der Waals surface area contributed by atoms with Gasteiger partial charge in [0.1, 0.15) is 5.75 Å². The van der Waals surface area contributed by atoms with Gasteiger partial charge in [-0.3, -0.25) is 14.9 Å². The minimum absolute atomic E-state index is 0.0254. The van der Waals surface area contributed by atoms with E-state index < -0.39 is 4.92 Å². The number of hydrogen-bond acceptors (Lipinski definition) is 4. The standard InChI is InChI=1S/C15H14N2O4/c1-10-13(4-3-5-14(10)17(19)20)16-15(18)11-6-8-12(21-2)9-7-11/h3-9H,1-2H3,(H,16,18). The van der Waals surface area contributed by atoms with Crippen LogP contribution in [0.1, 0.15) is 15.9 Å². The van der Waals surface area contributed by atoms with Crippen LogP contribution in [0.15, 0.2) is 42.5 Å². The highest BCUT2D eigenvalue weighted by Crippen LogP contribution is 2.25. The largest absolute Gasteiger partial charge is 0.497 e. The first-order valence-corrected chi connectivity index (χ1v) is 6.22. The lowest BCUT2D eigenvalue weighted by atomic mass is 10.1. The van der Waals surface area contributed by atoms with Crippen molar-refractivity contribution in [2.75, 3.05) is 12.4 Å². The molecule has 2 rings (SSSR count). The highest BCUT2D eigenvalue weighted by Gasteiger charge is 2.15. The zero-order chi connectivity index (χ0) is 15.4. The first-order valence-electron chi connectivity index (χ1n) is 6.22. The smallest absolute Gasteiger partial charge is 0.274 e. The molecule has 0 unspecified atom stereocenters. The number of nitro benzene ring substituents is 1. The molecule has 0 aliphatic carbocycles. The molecule has 0 bridgehead atoms. The number of amides is 1. The Morgan fingerprint density at radius 3 is 2.43 bits per heavy atom. The molecule has 6 nitrogen and oxygen atoms in total. The Kier molecular flexibility index (Phi) is 4.18. The Morgan fingerprint density at radius 2 is 1.86 bits per heavy atom. The first kappa shape index (κ1) is 14.5. The summed E-state index contributed by atoms with van der Waals surface area (Å²) in [6, 6.07) is 11.2. The maximum atomic E-state index is 12.1.